The van der Waals surface area contributed by atoms with Gasteiger partial charge in [-0.3, -0.25) is 5.41 Å². The molecular weight excluding hydrogens is 246 g/mol. The van der Waals surface area contributed by atoms with Crippen LogP contribution in [0.5, 0.6) is 0 Å². The molecule has 0 aliphatic carbocycles. The van der Waals surface area contributed by atoms with Gasteiger partial charge in [-0.05, 0) is 43.3 Å². The van der Waals surface area contributed by atoms with Gasteiger partial charge in [-0.1, -0.05) is 0 Å². The molecule has 3 N–H and O–H groups in total. The summed E-state index contributed by atoms with van der Waals surface area (Å²) in [4.78, 5) is 12.7. The van der Waals surface area contributed by atoms with Crippen molar-refractivity contribution in [3.63, 3.8) is 0 Å². The van der Waals surface area contributed by atoms with Gasteiger partial charge in [0.05, 0.1) is 12.4 Å². The third-order valence-corrected chi connectivity index (χ3v) is 3.03. The number of aromatic nitrogens is 3. The van der Waals surface area contributed by atoms with Crippen molar-refractivity contribution in [3.8, 4) is 0 Å². The van der Waals surface area contributed by atoms with E-state index in [2.05, 4.69) is 15.0 Å². The van der Waals surface area contributed by atoms with E-state index in [-0.39, 0.29) is 5.84 Å². The number of nitrogen functional groups attached to an aromatic ring is 1. The Morgan fingerprint density at radius 1 is 1.17 bits per heavy atom. The Morgan fingerprint density at radius 3 is 2.50 bits per heavy atom. The van der Waals surface area contributed by atoms with Crippen molar-refractivity contribution in [3.05, 3.63) is 41.5 Å². The first-order valence-electron chi connectivity index (χ1n) is 5.34. The normalized spacial score (nSPS) is 10.3. The summed E-state index contributed by atoms with van der Waals surface area (Å²) in [6, 6.07) is 4.02. The van der Waals surface area contributed by atoms with Crippen molar-refractivity contribution in [2.24, 2.45) is 5.73 Å². The fourth-order valence-electron chi connectivity index (χ4n) is 1.47. The Hall–Kier alpha value is -1.95. The topological polar surface area (TPSA) is 88.5 Å². The molecule has 0 saturated carbocycles. The van der Waals surface area contributed by atoms with Crippen LogP contribution >= 0.6 is 11.8 Å². The maximum Gasteiger partial charge on any atom is 0.143 e. The molecular formula is C12H13N5S. The van der Waals surface area contributed by atoms with Crippen LogP contribution in [0.2, 0.25) is 0 Å². The molecule has 0 aliphatic rings. The summed E-state index contributed by atoms with van der Waals surface area (Å²) in [5, 5.41) is 8.86. The van der Waals surface area contributed by atoms with Crippen molar-refractivity contribution in [2.75, 3.05) is 0 Å². The van der Waals surface area contributed by atoms with Crippen LogP contribution in [0.1, 0.15) is 17.0 Å². The van der Waals surface area contributed by atoms with Crippen LogP contribution in [-0.4, -0.2) is 20.8 Å². The first-order valence-corrected chi connectivity index (χ1v) is 6.16. The molecule has 2 heterocycles. The van der Waals surface area contributed by atoms with Gasteiger partial charge >= 0.3 is 0 Å². The fourth-order valence-corrected chi connectivity index (χ4v) is 2.33. The lowest BCUT2D eigenvalue weighted by Gasteiger charge is -2.03. The minimum absolute atomic E-state index is 0.0800. The summed E-state index contributed by atoms with van der Waals surface area (Å²) in [7, 11) is 0. The zero-order chi connectivity index (χ0) is 13.1. The number of nitrogens with zero attached hydrogens (tertiary/aromatic N) is 3. The SMILES string of the molecule is Cc1cc(C)nc(Sc2cnc(C(=N)N)cn2)c1. The molecule has 0 bridgehead atoms. The standard InChI is InChI=1S/C12H13N5S/c1-7-3-8(2)17-10(4-7)18-11-6-15-9(5-16-11)12(13)14/h3-6H,1-2H3,(H3,13,14). The maximum atomic E-state index is 7.24. The average Bonchev–Trinajstić information content (AvgIpc) is 2.28. The van der Waals surface area contributed by atoms with E-state index < -0.39 is 0 Å². The Kier molecular flexibility index (Phi) is 3.57. The first kappa shape index (κ1) is 12.5. The molecule has 92 valence electrons. The van der Waals surface area contributed by atoms with Gasteiger partial charge in [-0.25, -0.2) is 15.0 Å². The number of amidine groups is 1. The van der Waals surface area contributed by atoms with Crippen LogP contribution in [-0.2, 0) is 0 Å². The number of nitrogens with two attached hydrogens (primary N) is 1. The predicted molar refractivity (Wildman–Crippen MR) is 70.9 cm³/mol. The van der Waals surface area contributed by atoms with E-state index in [9.17, 15) is 0 Å². The highest BCUT2D eigenvalue weighted by Gasteiger charge is 2.04. The molecule has 0 aromatic carbocycles. The lowest BCUT2D eigenvalue weighted by Crippen LogP contribution is -2.13. The van der Waals surface area contributed by atoms with E-state index in [1.54, 1.807) is 6.20 Å². The van der Waals surface area contributed by atoms with Crippen molar-refractivity contribution >= 4 is 17.6 Å². The second-order valence-electron chi connectivity index (χ2n) is 3.88. The quantitative estimate of drug-likeness (QED) is 0.649. The molecule has 0 aliphatic heterocycles. The summed E-state index contributed by atoms with van der Waals surface area (Å²) in [6.07, 6.45) is 3.09. The van der Waals surface area contributed by atoms with Gasteiger partial charge in [-0.2, -0.15) is 0 Å². The highest BCUT2D eigenvalue weighted by molar-refractivity contribution is 7.99. The van der Waals surface area contributed by atoms with E-state index in [4.69, 9.17) is 11.1 Å². The Balaban J connectivity index is 2.20. The molecule has 2 aromatic rings. The lowest BCUT2D eigenvalue weighted by atomic mass is 10.3. The third kappa shape index (κ3) is 3.04. The van der Waals surface area contributed by atoms with E-state index >= 15 is 0 Å². The van der Waals surface area contributed by atoms with Crippen LogP contribution in [0.4, 0.5) is 0 Å². The van der Waals surface area contributed by atoms with Crippen molar-refractivity contribution < 1.29 is 0 Å². The predicted octanol–water partition coefficient (Wildman–Crippen LogP) is 1.92. The van der Waals surface area contributed by atoms with E-state index in [0.717, 1.165) is 15.7 Å². The van der Waals surface area contributed by atoms with Crippen molar-refractivity contribution in [1.29, 1.82) is 5.41 Å². The van der Waals surface area contributed by atoms with Crippen LogP contribution < -0.4 is 5.73 Å². The maximum absolute atomic E-state index is 7.24. The van der Waals surface area contributed by atoms with E-state index in [1.807, 2.05) is 26.0 Å². The van der Waals surface area contributed by atoms with Gasteiger partial charge in [0, 0.05) is 5.69 Å². The van der Waals surface area contributed by atoms with Crippen LogP contribution in [0, 0.1) is 19.3 Å². The molecule has 2 aromatic heterocycles. The minimum Gasteiger partial charge on any atom is -0.382 e. The summed E-state index contributed by atoms with van der Waals surface area (Å²) in [6.45, 7) is 3.99. The van der Waals surface area contributed by atoms with Crippen molar-refractivity contribution in [1.82, 2.24) is 15.0 Å². The minimum atomic E-state index is -0.0800. The number of rotatable bonds is 3. The second kappa shape index (κ2) is 5.14. The van der Waals surface area contributed by atoms with Crippen molar-refractivity contribution in [2.45, 2.75) is 23.9 Å². The summed E-state index contributed by atoms with van der Waals surface area (Å²) >= 11 is 1.44. The molecule has 0 unspecified atom stereocenters. The monoisotopic (exact) mass is 259 g/mol. The molecule has 6 heteroatoms. The summed E-state index contributed by atoms with van der Waals surface area (Å²) in [5.74, 6) is -0.0800. The number of nitrogens with one attached hydrogen (secondary N) is 1. The molecule has 0 fully saturated rings. The summed E-state index contributed by atoms with van der Waals surface area (Å²) < 4.78 is 0. The van der Waals surface area contributed by atoms with Gasteiger partial charge in [0.2, 0.25) is 0 Å². The van der Waals surface area contributed by atoms with E-state index in [0.29, 0.717) is 5.69 Å². The third-order valence-electron chi connectivity index (χ3n) is 2.19. The average molecular weight is 259 g/mol. The first-order chi connectivity index (χ1) is 8.54. The van der Waals surface area contributed by atoms with Gasteiger partial charge in [0.25, 0.3) is 0 Å². The number of aryl methyl sites for hydroxylation is 2. The van der Waals surface area contributed by atoms with Crippen LogP contribution in [0.3, 0.4) is 0 Å². The second-order valence-corrected chi connectivity index (χ2v) is 4.92. The fraction of sp³-hybridized carbons (Fsp3) is 0.167. The highest BCUT2D eigenvalue weighted by atomic mass is 32.2. The van der Waals surface area contributed by atoms with E-state index in [1.165, 1.54) is 23.5 Å². The molecule has 0 atom stereocenters. The van der Waals surface area contributed by atoms with Gasteiger partial charge in [-0.15, -0.1) is 0 Å². The van der Waals surface area contributed by atoms with Crippen LogP contribution in [0.25, 0.3) is 0 Å². The largest absolute Gasteiger partial charge is 0.382 e. The Labute approximate surface area is 109 Å². The number of pyridine rings is 1. The molecule has 0 radical (unpaired) electrons. The number of hydrogen-bond donors (Lipinski definition) is 2. The zero-order valence-corrected chi connectivity index (χ0v) is 11.0. The smallest absolute Gasteiger partial charge is 0.143 e. The van der Waals surface area contributed by atoms with Gasteiger partial charge in [0.15, 0.2) is 0 Å². The molecule has 18 heavy (non-hydrogen) atoms. The van der Waals surface area contributed by atoms with Crippen LogP contribution in [0.15, 0.2) is 34.6 Å². The van der Waals surface area contributed by atoms with Gasteiger partial charge < -0.3 is 5.73 Å². The van der Waals surface area contributed by atoms with Gasteiger partial charge in [0.1, 0.15) is 21.6 Å². The molecule has 2 rings (SSSR count). The highest BCUT2D eigenvalue weighted by Crippen LogP contribution is 2.24. The molecule has 0 spiro atoms. The zero-order valence-electron chi connectivity index (χ0n) is 10.1. The Morgan fingerprint density at radius 2 is 1.94 bits per heavy atom. The summed E-state index contributed by atoms with van der Waals surface area (Å²) in [5.41, 5.74) is 7.84. The lowest BCUT2D eigenvalue weighted by molar-refractivity contribution is 1.01. The molecule has 5 nitrogen and oxygen atoms in total. The number of hydrogen-bond acceptors (Lipinski definition) is 5. The molecule has 0 amide bonds. The Bertz CT molecular complexity index is 559. The molecule has 0 saturated heterocycles.